The molecule has 7 nitrogen and oxygen atoms in total. The summed E-state index contributed by atoms with van der Waals surface area (Å²) in [4.78, 5) is 24.5. The monoisotopic (exact) mass is 390 g/mol. The van der Waals surface area contributed by atoms with Crippen LogP contribution >= 0.6 is 0 Å². The molecule has 0 fully saturated rings. The first-order chi connectivity index (χ1) is 12.8. The SMILES string of the molecule is CCOC(=O)c1ccccc1NC(=O)c1ccc(N(C)S(=O)(=O)CC)cc1. The highest BCUT2D eigenvalue weighted by Gasteiger charge is 2.17. The molecule has 2 rings (SSSR count). The molecule has 8 heteroatoms. The van der Waals surface area contributed by atoms with Crippen molar-refractivity contribution in [3.8, 4) is 0 Å². The first kappa shape index (κ1) is 20.4. The van der Waals surface area contributed by atoms with E-state index in [1.54, 1.807) is 50.2 Å². The third kappa shape index (κ3) is 4.85. The van der Waals surface area contributed by atoms with E-state index in [0.29, 0.717) is 16.9 Å². The van der Waals surface area contributed by atoms with Crippen LogP contribution in [0.25, 0.3) is 0 Å². The number of nitrogens with zero attached hydrogens (tertiary/aromatic N) is 1. The number of esters is 1. The summed E-state index contributed by atoms with van der Waals surface area (Å²) in [7, 11) is -1.91. The van der Waals surface area contributed by atoms with Crippen molar-refractivity contribution in [1.82, 2.24) is 0 Å². The zero-order valence-corrected chi connectivity index (χ0v) is 16.2. The molecule has 0 aliphatic rings. The van der Waals surface area contributed by atoms with Gasteiger partial charge in [-0.2, -0.15) is 0 Å². The van der Waals surface area contributed by atoms with Crippen molar-refractivity contribution in [3.05, 3.63) is 59.7 Å². The van der Waals surface area contributed by atoms with Gasteiger partial charge in [-0.25, -0.2) is 13.2 Å². The molecular formula is C19H22N2O5S. The molecule has 0 heterocycles. The number of sulfonamides is 1. The Morgan fingerprint density at radius 2 is 1.67 bits per heavy atom. The molecule has 0 aromatic heterocycles. The van der Waals surface area contributed by atoms with Gasteiger partial charge < -0.3 is 10.1 Å². The van der Waals surface area contributed by atoms with E-state index in [0.717, 1.165) is 0 Å². The summed E-state index contributed by atoms with van der Waals surface area (Å²) in [6, 6.07) is 12.7. The fourth-order valence-electron chi connectivity index (χ4n) is 2.35. The first-order valence-electron chi connectivity index (χ1n) is 8.44. The summed E-state index contributed by atoms with van der Waals surface area (Å²) in [6.45, 7) is 3.50. The molecule has 0 saturated carbocycles. The van der Waals surface area contributed by atoms with Gasteiger partial charge in [0.2, 0.25) is 10.0 Å². The number of benzene rings is 2. The Hall–Kier alpha value is -2.87. The molecule has 0 saturated heterocycles. The predicted octanol–water partition coefficient (Wildman–Crippen LogP) is 2.90. The van der Waals surface area contributed by atoms with Crippen LogP contribution in [-0.4, -0.2) is 39.7 Å². The molecule has 27 heavy (non-hydrogen) atoms. The molecule has 0 unspecified atom stereocenters. The Labute approximate surface area is 159 Å². The lowest BCUT2D eigenvalue weighted by atomic mass is 10.1. The zero-order chi connectivity index (χ0) is 20.0. The molecule has 0 aliphatic heterocycles. The Morgan fingerprint density at radius 3 is 2.26 bits per heavy atom. The summed E-state index contributed by atoms with van der Waals surface area (Å²) in [5.41, 5.74) is 1.40. The van der Waals surface area contributed by atoms with Crippen molar-refractivity contribution in [2.24, 2.45) is 0 Å². The van der Waals surface area contributed by atoms with Crippen LogP contribution in [0.15, 0.2) is 48.5 Å². The van der Waals surface area contributed by atoms with Crippen LogP contribution in [0, 0.1) is 0 Å². The topological polar surface area (TPSA) is 92.8 Å². The average Bonchev–Trinajstić information content (AvgIpc) is 2.68. The number of ether oxygens (including phenoxy) is 1. The van der Waals surface area contributed by atoms with E-state index >= 15 is 0 Å². The Bertz CT molecular complexity index is 923. The van der Waals surface area contributed by atoms with E-state index in [-0.39, 0.29) is 17.9 Å². The number of anilines is 2. The minimum atomic E-state index is -3.37. The Morgan fingerprint density at radius 1 is 1.04 bits per heavy atom. The van der Waals surface area contributed by atoms with Crippen LogP contribution in [0.3, 0.4) is 0 Å². The number of nitrogens with one attached hydrogen (secondary N) is 1. The normalized spacial score (nSPS) is 10.9. The number of carbonyl (C=O) groups excluding carboxylic acids is 2. The van der Waals surface area contributed by atoms with Gasteiger partial charge in [-0.3, -0.25) is 9.10 Å². The maximum absolute atomic E-state index is 12.5. The quantitative estimate of drug-likeness (QED) is 0.734. The van der Waals surface area contributed by atoms with E-state index in [1.807, 2.05) is 0 Å². The average molecular weight is 390 g/mol. The molecule has 1 amide bonds. The second kappa shape index (κ2) is 8.68. The third-order valence-electron chi connectivity index (χ3n) is 3.95. The highest BCUT2D eigenvalue weighted by atomic mass is 32.2. The van der Waals surface area contributed by atoms with Gasteiger partial charge in [-0.1, -0.05) is 12.1 Å². The summed E-state index contributed by atoms with van der Waals surface area (Å²) < 4.78 is 30.0. The summed E-state index contributed by atoms with van der Waals surface area (Å²) in [6.07, 6.45) is 0. The highest BCUT2D eigenvalue weighted by Crippen LogP contribution is 2.20. The summed E-state index contributed by atoms with van der Waals surface area (Å²) >= 11 is 0. The number of para-hydroxylation sites is 1. The van der Waals surface area contributed by atoms with Crippen molar-refractivity contribution in [2.75, 3.05) is 29.0 Å². The van der Waals surface area contributed by atoms with Gasteiger partial charge in [0.05, 0.1) is 29.3 Å². The Kier molecular flexibility index (Phi) is 6.57. The molecule has 0 spiro atoms. The van der Waals surface area contributed by atoms with Gasteiger partial charge in [0, 0.05) is 12.6 Å². The van der Waals surface area contributed by atoms with Crippen LogP contribution in [0.5, 0.6) is 0 Å². The molecule has 144 valence electrons. The maximum atomic E-state index is 12.5. The van der Waals surface area contributed by atoms with Crippen LogP contribution in [0.2, 0.25) is 0 Å². The lowest BCUT2D eigenvalue weighted by molar-refractivity contribution is 0.0527. The number of rotatable bonds is 7. The third-order valence-corrected chi connectivity index (χ3v) is 5.72. The molecule has 2 aromatic rings. The van der Waals surface area contributed by atoms with Crippen molar-refractivity contribution in [3.63, 3.8) is 0 Å². The standard InChI is InChI=1S/C19H22N2O5S/c1-4-26-19(23)16-8-6-7-9-17(16)20-18(22)14-10-12-15(13-11-14)21(3)27(24,25)5-2/h6-13H,4-5H2,1-3H3,(H,20,22). The van der Waals surface area contributed by atoms with Crippen molar-refractivity contribution in [1.29, 1.82) is 0 Å². The lowest BCUT2D eigenvalue weighted by Crippen LogP contribution is -2.28. The predicted molar refractivity (Wildman–Crippen MR) is 105 cm³/mol. The van der Waals surface area contributed by atoms with Gasteiger partial charge in [-0.05, 0) is 50.2 Å². The Balaban J connectivity index is 2.19. The van der Waals surface area contributed by atoms with E-state index < -0.39 is 21.9 Å². The maximum Gasteiger partial charge on any atom is 0.340 e. The number of hydrogen-bond acceptors (Lipinski definition) is 5. The van der Waals surface area contributed by atoms with E-state index in [9.17, 15) is 18.0 Å². The van der Waals surface area contributed by atoms with Gasteiger partial charge in [0.1, 0.15) is 0 Å². The van der Waals surface area contributed by atoms with E-state index in [4.69, 9.17) is 4.74 Å². The van der Waals surface area contributed by atoms with Crippen LogP contribution < -0.4 is 9.62 Å². The van der Waals surface area contributed by atoms with Gasteiger partial charge in [0.15, 0.2) is 0 Å². The second-order valence-corrected chi connectivity index (χ2v) is 7.92. The smallest absolute Gasteiger partial charge is 0.340 e. The summed E-state index contributed by atoms with van der Waals surface area (Å²) in [5.74, 6) is -0.953. The van der Waals surface area contributed by atoms with E-state index in [1.165, 1.54) is 23.5 Å². The minimum absolute atomic E-state index is 0.0175. The zero-order valence-electron chi connectivity index (χ0n) is 15.4. The number of amides is 1. The molecule has 0 radical (unpaired) electrons. The first-order valence-corrected chi connectivity index (χ1v) is 10.0. The lowest BCUT2D eigenvalue weighted by Gasteiger charge is -2.18. The number of carbonyl (C=O) groups is 2. The van der Waals surface area contributed by atoms with Gasteiger partial charge >= 0.3 is 5.97 Å². The van der Waals surface area contributed by atoms with Crippen molar-refractivity contribution >= 4 is 33.3 Å². The molecule has 2 aromatic carbocycles. The van der Waals surface area contributed by atoms with Crippen LogP contribution in [-0.2, 0) is 14.8 Å². The second-order valence-electron chi connectivity index (χ2n) is 5.64. The molecule has 0 bridgehead atoms. The van der Waals surface area contributed by atoms with Crippen molar-refractivity contribution < 1.29 is 22.7 Å². The summed E-state index contributed by atoms with van der Waals surface area (Å²) in [5, 5.41) is 2.68. The molecular weight excluding hydrogens is 368 g/mol. The van der Waals surface area contributed by atoms with Gasteiger partial charge in [-0.15, -0.1) is 0 Å². The van der Waals surface area contributed by atoms with Gasteiger partial charge in [0.25, 0.3) is 5.91 Å². The molecule has 1 N–H and O–H groups in total. The molecule has 0 aliphatic carbocycles. The molecule has 0 atom stereocenters. The van der Waals surface area contributed by atoms with Crippen molar-refractivity contribution in [2.45, 2.75) is 13.8 Å². The van der Waals surface area contributed by atoms with Crippen LogP contribution in [0.4, 0.5) is 11.4 Å². The fraction of sp³-hybridized carbons (Fsp3) is 0.263. The number of hydrogen-bond donors (Lipinski definition) is 1. The van der Waals surface area contributed by atoms with E-state index in [2.05, 4.69) is 5.32 Å². The van der Waals surface area contributed by atoms with Crippen LogP contribution in [0.1, 0.15) is 34.6 Å². The minimum Gasteiger partial charge on any atom is -0.462 e. The largest absolute Gasteiger partial charge is 0.462 e. The highest BCUT2D eigenvalue weighted by molar-refractivity contribution is 7.92. The fourth-order valence-corrected chi connectivity index (χ4v) is 3.18.